The third-order valence-electron chi connectivity index (χ3n) is 2.72. The van der Waals surface area contributed by atoms with Crippen molar-refractivity contribution in [3.63, 3.8) is 0 Å². The second-order valence-corrected chi connectivity index (χ2v) is 4.08. The number of nitrogens with zero attached hydrogens (tertiary/aromatic N) is 1. The lowest BCUT2D eigenvalue weighted by Gasteiger charge is -2.12. The number of rotatable bonds is 5. The Hall–Kier alpha value is -2.50. The van der Waals surface area contributed by atoms with E-state index in [2.05, 4.69) is 10.3 Å². The smallest absolute Gasteiger partial charge is 0.259 e. The number of aromatic nitrogens is 1. The quantitative estimate of drug-likeness (QED) is 0.903. The molecule has 0 unspecified atom stereocenters. The summed E-state index contributed by atoms with van der Waals surface area (Å²) in [5, 5.41) is 2.72. The summed E-state index contributed by atoms with van der Waals surface area (Å²) in [6, 6.07) is 5.16. The van der Waals surface area contributed by atoms with E-state index in [0.29, 0.717) is 28.7 Å². The van der Waals surface area contributed by atoms with E-state index in [9.17, 15) is 4.79 Å². The first kappa shape index (κ1) is 13.9. The Kier molecular flexibility index (Phi) is 4.24. The molecule has 0 fully saturated rings. The van der Waals surface area contributed by atoms with Crippen molar-refractivity contribution in [2.45, 2.75) is 13.5 Å². The van der Waals surface area contributed by atoms with Crippen molar-refractivity contribution in [1.82, 2.24) is 10.3 Å². The van der Waals surface area contributed by atoms with Crippen LogP contribution in [-0.2, 0) is 6.54 Å². The van der Waals surface area contributed by atoms with E-state index in [0.717, 1.165) is 0 Å². The van der Waals surface area contributed by atoms with Crippen molar-refractivity contribution in [2.24, 2.45) is 0 Å². The van der Waals surface area contributed by atoms with Crippen molar-refractivity contribution >= 4 is 5.91 Å². The van der Waals surface area contributed by atoms with Crippen LogP contribution in [0.4, 0.5) is 0 Å². The van der Waals surface area contributed by atoms with Crippen LogP contribution in [0.1, 0.15) is 22.0 Å². The summed E-state index contributed by atoms with van der Waals surface area (Å²) in [5.41, 5.74) is 0.348. The summed E-state index contributed by atoms with van der Waals surface area (Å²) in [7, 11) is 3.01. The minimum atomic E-state index is -0.310. The molecule has 0 aliphatic heterocycles. The molecule has 106 valence electrons. The third-order valence-corrected chi connectivity index (χ3v) is 2.72. The largest absolute Gasteiger partial charge is 0.496 e. The zero-order chi connectivity index (χ0) is 14.5. The molecule has 1 amide bonds. The normalized spacial score (nSPS) is 10.2. The van der Waals surface area contributed by atoms with Crippen LogP contribution in [0.25, 0.3) is 0 Å². The number of aryl methyl sites for hydroxylation is 1. The minimum absolute atomic E-state index is 0.202. The Morgan fingerprint density at radius 3 is 2.45 bits per heavy atom. The number of hydrogen-bond donors (Lipinski definition) is 1. The maximum atomic E-state index is 12.2. The standard InChI is InChI=1S/C14H16N2O4/c1-9-7-15-12(20-9)8-16-14(17)13-10(18-2)5-4-6-11(13)19-3/h4-7H,8H2,1-3H3,(H,16,17). The molecule has 0 radical (unpaired) electrons. The van der Waals surface area contributed by atoms with Gasteiger partial charge in [-0.3, -0.25) is 4.79 Å². The van der Waals surface area contributed by atoms with E-state index in [1.165, 1.54) is 14.2 Å². The molecule has 6 nitrogen and oxygen atoms in total. The Labute approximate surface area is 116 Å². The van der Waals surface area contributed by atoms with Gasteiger partial charge in [0.1, 0.15) is 22.8 Å². The van der Waals surface area contributed by atoms with E-state index in [4.69, 9.17) is 13.9 Å². The molecular formula is C14H16N2O4. The van der Waals surface area contributed by atoms with Crippen molar-refractivity contribution in [1.29, 1.82) is 0 Å². The van der Waals surface area contributed by atoms with E-state index in [-0.39, 0.29) is 12.5 Å². The van der Waals surface area contributed by atoms with Crippen LogP contribution in [0.2, 0.25) is 0 Å². The van der Waals surface area contributed by atoms with Gasteiger partial charge in [0.25, 0.3) is 5.91 Å². The van der Waals surface area contributed by atoms with Gasteiger partial charge in [-0.2, -0.15) is 0 Å². The Morgan fingerprint density at radius 1 is 1.30 bits per heavy atom. The van der Waals surface area contributed by atoms with Crippen LogP contribution in [-0.4, -0.2) is 25.1 Å². The van der Waals surface area contributed by atoms with Gasteiger partial charge in [0.05, 0.1) is 27.0 Å². The highest BCUT2D eigenvalue weighted by Gasteiger charge is 2.18. The zero-order valence-electron chi connectivity index (χ0n) is 11.6. The first-order valence-electron chi connectivity index (χ1n) is 6.06. The van der Waals surface area contributed by atoms with E-state index in [1.807, 2.05) is 0 Å². The van der Waals surface area contributed by atoms with Gasteiger partial charge in [-0.25, -0.2) is 4.98 Å². The molecule has 0 saturated carbocycles. The number of amides is 1. The molecule has 1 N–H and O–H groups in total. The molecule has 0 bridgehead atoms. The van der Waals surface area contributed by atoms with Gasteiger partial charge in [-0.1, -0.05) is 6.07 Å². The summed E-state index contributed by atoms with van der Waals surface area (Å²) in [6.45, 7) is 2.00. The molecule has 1 aromatic carbocycles. The highest BCUT2D eigenvalue weighted by molar-refractivity contribution is 5.99. The van der Waals surface area contributed by atoms with Gasteiger partial charge in [-0.15, -0.1) is 0 Å². The lowest BCUT2D eigenvalue weighted by atomic mass is 10.1. The Balaban J connectivity index is 2.16. The van der Waals surface area contributed by atoms with Crippen LogP contribution in [0.5, 0.6) is 11.5 Å². The number of nitrogens with one attached hydrogen (secondary N) is 1. The first-order valence-corrected chi connectivity index (χ1v) is 6.06. The summed E-state index contributed by atoms with van der Waals surface area (Å²) in [4.78, 5) is 16.3. The van der Waals surface area contributed by atoms with Gasteiger partial charge >= 0.3 is 0 Å². The molecule has 0 saturated heterocycles. The second kappa shape index (κ2) is 6.10. The average Bonchev–Trinajstić information content (AvgIpc) is 2.89. The number of oxazole rings is 1. The summed E-state index contributed by atoms with van der Waals surface area (Å²) in [5.74, 6) is 1.74. The monoisotopic (exact) mass is 276 g/mol. The van der Waals surface area contributed by atoms with Gasteiger partial charge < -0.3 is 19.2 Å². The maximum absolute atomic E-state index is 12.2. The summed E-state index contributed by atoms with van der Waals surface area (Å²) < 4.78 is 15.7. The van der Waals surface area contributed by atoms with Crippen molar-refractivity contribution < 1.29 is 18.7 Å². The Bertz CT molecular complexity index is 585. The molecule has 1 heterocycles. The SMILES string of the molecule is COc1cccc(OC)c1C(=O)NCc1ncc(C)o1. The first-order chi connectivity index (χ1) is 9.65. The molecule has 6 heteroatoms. The number of methoxy groups -OCH3 is 2. The lowest BCUT2D eigenvalue weighted by Crippen LogP contribution is -2.24. The predicted molar refractivity (Wildman–Crippen MR) is 72.0 cm³/mol. The number of carbonyl (C=O) groups excluding carboxylic acids is 1. The fourth-order valence-corrected chi connectivity index (χ4v) is 1.80. The Morgan fingerprint density at radius 2 is 1.95 bits per heavy atom. The third kappa shape index (κ3) is 2.90. The molecule has 0 aliphatic rings. The summed E-state index contributed by atoms with van der Waals surface area (Å²) in [6.07, 6.45) is 1.60. The highest BCUT2D eigenvalue weighted by Crippen LogP contribution is 2.27. The minimum Gasteiger partial charge on any atom is -0.496 e. The predicted octanol–water partition coefficient (Wildman–Crippen LogP) is 1.93. The van der Waals surface area contributed by atoms with Gasteiger partial charge in [0, 0.05) is 0 Å². The van der Waals surface area contributed by atoms with Gasteiger partial charge in [0.2, 0.25) is 5.89 Å². The van der Waals surface area contributed by atoms with Crippen LogP contribution >= 0.6 is 0 Å². The van der Waals surface area contributed by atoms with Gasteiger partial charge in [0.15, 0.2) is 0 Å². The number of carbonyl (C=O) groups is 1. The molecule has 0 aliphatic carbocycles. The molecule has 0 spiro atoms. The maximum Gasteiger partial charge on any atom is 0.259 e. The zero-order valence-corrected chi connectivity index (χ0v) is 11.6. The van der Waals surface area contributed by atoms with Crippen molar-refractivity contribution in [3.8, 4) is 11.5 Å². The number of hydrogen-bond acceptors (Lipinski definition) is 5. The lowest BCUT2D eigenvalue weighted by molar-refractivity contribution is 0.0941. The van der Waals surface area contributed by atoms with E-state index >= 15 is 0 Å². The van der Waals surface area contributed by atoms with Crippen LogP contribution < -0.4 is 14.8 Å². The average molecular weight is 276 g/mol. The van der Waals surface area contributed by atoms with E-state index in [1.54, 1.807) is 31.3 Å². The van der Waals surface area contributed by atoms with Crippen LogP contribution in [0, 0.1) is 6.92 Å². The fourth-order valence-electron chi connectivity index (χ4n) is 1.80. The van der Waals surface area contributed by atoms with Crippen molar-refractivity contribution in [2.75, 3.05) is 14.2 Å². The van der Waals surface area contributed by atoms with Crippen LogP contribution in [0.15, 0.2) is 28.8 Å². The topological polar surface area (TPSA) is 73.6 Å². The summed E-state index contributed by atoms with van der Waals surface area (Å²) >= 11 is 0. The van der Waals surface area contributed by atoms with Crippen LogP contribution in [0.3, 0.4) is 0 Å². The molecule has 20 heavy (non-hydrogen) atoms. The molecular weight excluding hydrogens is 260 g/mol. The molecule has 1 aromatic heterocycles. The van der Waals surface area contributed by atoms with Gasteiger partial charge in [-0.05, 0) is 19.1 Å². The second-order valence-electron chi connectivity index (χ2n) is 4.08. The van der Waals surface area contributed by atoms with Crippen molar-refractivity contribution in [3.05, 3.63) is 41.6 Å². The van der Waals surface area contributed by atoms with E-state index < -0.39 is 0 Å². The number of benzene rings is 1. The molecule has 2 aromatic rings. The molecule has 0 atom stereocenters. The molecule has 2 rings (SSSR count). The highest BCUT2D eigenvalue weighted by atomic mass is 16.5. The number of ether oxygens (including phenoxy) is 2. The fraction of sp³-hybridized carbons (Fsp3) is 0.286.